The van der Waals surface area contributed by atoms with Crippen molar-refractivity contribution in [3.63, 3.8) is 0 Å². The smallest absolute Gasteiger partial charge is 0.306 e. The summed E-state index contributed by atoms with van der Waals surface area (Å²) in [5.74, 6) is -2.28. The average molecular weight is 210 g/mol. The van der Waals surface area contributed by atoms with Crippen LogP contribution in [0.2, 0.25) is 0 Å². The highest BCUT2D eigenvalue weighted by molar-refractivity contribution is 5.71. The second-order valence-corrected chi connectivity index (χ2v) is 3.85. The van der Waals surface area contributed by atoms with Gasteiger partial charge in [0.15, 0.2) is 11.6 Å². The van der Waals surface area contributed by atoms with Gasteiger partial charge < -0.3 is 10.2 Å². The standard InChI is InChI=1S/C11H11FO3/c12-9-4-6-1-2-7(11(14)15)3-8(6)5-10(9)13/h4-5,7,13H,1-3H2,(H,14,15). The number of carboxylic acids is 1. The van der Waals surface area contributed by atoms with Crippen LogP contribution < -0.4 is 0 Å². The van der Waals surface area contributed by atoms with Gasteiger partial charge in [-0.2, -0.15) is 0 Å². The van der Waals surface area contributed by atoms with Crippen molar-refractivity contribution in [3.05, 3.63) is 29.1 Å². The van der Waals surface area contributed by atoms with E-state index in [1.54, 1.807) is 0 Å². The lowest BCUT2D eigenvalue weighted by molar-refractivity contribution is -0.142. The van der Waals surface area contributed by atoms with E-state index >= 15 is 0 Å². The van der Waals surface area contributed by atoms with Gasteiger partial charge in [0.25, 0.3) is 0 Å². The number of rotatable bonds is 1. The number of hydrogen-bond acceptors (Lipinski definition) is 2. The van der Waals surface area contributed by atoms with Gasteiger partial charge in [0.05, 0.1) is 5.92 Å². The minimum atomic E-state index is -0.829. The molecule has 80 valence electrons. The zero-order valence-electron chi connectivity index (χ0n) is 8.03. The zero-order valence-corrected chi connectivity index (χ0v) is 8.03. The predicted molar refractivity (Wildman–Crippen MR) is 51.2 cm³/mol. The van der Waals surface area contributed by atoms with Gasteiger partial charge in [-0.3, -0.25) is 4.79 Å². The average Bonchev–Trinajstić information content (AvgIpc) is 2.19. The molecule has 1 unspecified atom stereocenters. The van der Waals surface area contributed by atoms with Crippen LogP contribution in [0.25, 0.3) is 0 Å². The lowest BCUT2D eigenvalue weighted by Gasteiger charge is -2.21. The Hall–Kier alpha value is -1.58. The summed E-state index contributed by atoms with van der Waals surface area (Å²) in [5, 5.41) is 18.0. The third-order valence-corrected chi connectivity index (χ3v) is 2.85. The van der Waals surface area contributed by atoms with Crippen LogP contribution in [0.4, 0.5) is 4.39 Å². The molecule has 0 bridgehead atoms. The number of aromatic hydroxyl groups is 1. The molecule has 0 saturated heterocycles. The number of halogens is 1. The molecule has 3 nitrogen and oxygen atoms in total. The maximum atomic E-state index is 13.0. The molecule has 0 heterocycles. The topological polar surface area (TPSA) is 57.5 Å². The molecule has 0 saturated carbocycles. The number of carboxylic acid groups (broad SMARTS) is 1. The fourth-order valence-electron chi connectivity index (χ4n) is 1.98. The van der Waals surface area contributed by atoms with Crippen LogP contribution in [0.15, 0.2) is 12.1 Å². The maximum Gasteiger partial charge on any atom is 0.306 e. The highest BCUT2D eigenvalue weighted by atomic mass is 19.1. The van der Waals surface area contributed by atoms with Crippen LogP contribution in [0, 0.1) is 11.7 Å². The van der Waals surface area contributed by atoms with Crippen LogP contribution in [0.3, 0.4) is 0 Å². The van der Waals surface area contributed by atoms with Gasteiger partial charge >= 0.3 is 5.97 Å². The summed E-state index contributed by atoms with van der Waals surface area (Å²) < 4.78 is 13.0. The van der Waals surface area contributed by atoms with Gasteiger partial charge in [-0.15, -0.1) is 0 Å². The Kier molecular flexibility index (Phi) is 2.34. The number of benzene rings is 1. The SMILES string of the molecule is O=C(O)C1CCc2cc(F)c(O)cc2C1. The third-order valence-electron chi connectivity index (χ3n) is 2.85. The zero-order chi connectivity index (χ0) is 11.0. The molecule has 0 fully saturated rings. The minimum Gasteiger partial charge on any atom is -0.505 e. The van der Waals surface area contributed by atoms with Crippen LogP contribution >= 0.6 is 0 Å². The molecule has 0 amide bonds. The van der Waals surface area contributed by atoms with E-state index in [1.807, 2.05) is 0 Å². The number of aryl methyl sites for hydroxylation is 1. The molecule has 2 rings (SSSR count). The van der Waals surface area contributed by atoms with Crippen LogP contribution in [-0.4, -0.2) is 16.2 Å². The molecular weight excluding hydrogens is 199 g/mol. The maximum absolute atomic E-state index is 13.0. The molecule has 1 aromatic rings. The van der Waals surface area contributed by atoms with Gasteiger partial charge in [-0.05, 0) is 42.5 Å². The van der Waals surface area contributed by atoms with E-state index in [1.165, 1.54) is 12.1 Å². The molecule has 1 aliphatic rings. The largest absolute Gasteiger partial charge is 0.505 e. The van der Waals surface area contributed by atoms with Crippen molar-refractivity contribution >= 4 is 5.97 Å². The van der Waals surface area contributed by atoms with E-state index in [-0.39, 0.29) is 0 Å². The van der Waals surface area contributed by atoms with E-state index in [0.717, 1.165) is 11.1 Å². The van der Waals surface area contributed by atoms with Gasteiger partial charge in [0.2, 0.25) is 0 Å². The lowest BCUT2D eigenvalue weighted by Crippen LogP contribution is -2.22. The monoisotopic (exact) mass is 210 g/mol. The van der Waals surface area contributed by atoms with E-state index < -0.39 is 23.5 Å². The van der Waals surface area contributed by atoms with Crippen LogP contribution in [-0.2, 0) is 17.6 Å². The quantitative estimate of drug-likeness (QED) is 0.742. The fraction of sp³-hybridized carbons (Fsp3) is 0.364. The number of phenols is 1. The summed E-state index contributed by atoms with van der Waals surface area (Å²) in [6.45, 7) is 0. The van der Waals surface area contributed by atoms with Crippen molar-refractivity contribution in [2.45, 2.75) is 19.3 Å². The second kappa shape index (κ2) is 3.53. The molecule has 1 aromatic carbocycles. The summed E-state index contributed by atoms with van der Waals surface area (Å²) >= 11 is 0. The predicted octanol–water partition coefficient (Wildman–Crippen LogP) is 1.72. The lowest BCUT2D eigenvalue weighted by atomic mass is 9.84. The Morgan fingerprint density at radius 1 is 1.40 bits per heavy atom. The number of carbonyl (C=O) groups is 1. The second-order valence-electron chi connectivity index (χ2n) is 3.85. The highest BCUT2D eigenvalue weighted by Crippen LogP contribution is 2.30. The van der Waals surface area contributed by atoms with E-state index in [9.17, 15) is 14.3 Å². The van der Waals surface area contributed by atoms with Crippen molar-refractivity contribution < 1.29 is 19.4 Å². The summed E-state index contributed by atoms with van der Waals surface area (Å²) in [6, 6.07) is 2.63. The van der Waals surface area contributed by atoms with Gasteiger partial charge in [0.1, 0.15) is 0 Å². The van der Waals surface area contributed by atoms with Gasteiger partial charge in [0, 0.05) is 0 Å². The minimum absolute atomic E-state index is 0.374. The molecule has 0 spiro atoms. The number of phenolic OH excluding ortho intramolecular Hbond substituents is 1. The number of hydrogen-bond donors (Lipinski definition) is 2. The summed E-state index contributed by atoms with van der Waals surface area (Å²) in [4.78, 5) is 10.8. The van der Waals surface area contributed by atoms with E-state index in [0.29, 0.717) is 19.3 Å². The first-order valence-electron chi connectivity index (χ1n) is 4.81. The summed E-state index contributed by atoms with van der Waals surface area (Å²) in [6.07, 6.45) is 1.47. The highest BCUT2D eigenvalue weighted by Gasteiger charge is 2.25. The van der Waals surface area contributed by atoms with Crippen molar-refractivity contribution in [2.24, 2.45) is 5.92 Å². The Labute approximate surface area is 86.2 Å². The Bertz CT molecular complexity index is 415. The van der Waals surface area contributed by atoms with Crippen LogP contribution in [0.1, 0.15) is 17.5 Å². The first kappa shape index (κ1) is 9.96. The fourth-order valence-corrected chi connectivity index (χ4v) is 1.98. The first-order chi connectivity index (χ1) is 7.08. The molecule has 15 heavy (non-hydrogen) atoms. The van der Waals surface area contributed by atoms with Gasteiger partial charge in [-0.1, -0.05) is 0 Å². The normalized spacial score (nSPS) is 19.7. The molecule has 1 aliphatic carbocycles. The number of fused-ring (bicyclic) bond motifs is 1. The van der Waals surface area contributed by atoms with E-state index in [4.69, 9.17) is 5.11 Å². The third kappa shape index (κ3) is 1.79. The first-order valence-corrected chi connectivity index (χ1v) is 4.81. The molecule has 0 aliphatic heterocycles. The molecule has 0 radical (unpaired) electrons. The summed E-state index contributed by atoms with van der Waals surface area (Å²) in [7, 11) is 0. The molecule has 1 atom stereocenters. The molecular formula is C11H11FO3. The summed E-state index contributed by atoms with van der Waals surface area (Å²) in [5.41, 5.74) is 1.55. The molecule has 0 aromatic heterocycles. The van der Waals surface area contributed by atoms with E-state index in [2.05, 4.69) is 0 Å². The Balaban J connectivity index is 2.34. The van der Waals surface area contributed by atoms with Crippen molar-refractivity contribution in [2.75, 3.05) is 0 Å². The Morgan fingerprint density at radius 2 is 2.13 bits per heavy atom. The molecule has 4 heteroatoms. The van der Waals surface area contributed by atoms with Gasteiger partial charge in [-0.25, -0.2) is 4.39 Å². The molecule has 2 N–H and O–H groups in total. The van der Waals surface area contributed by atoms with Crippen molar-refractivity contribution in [1.29, 1.82) is 0 Å². The number of aliphatic carboxylic acids is 1. The van der Waals surface area contributed by atoms with Crippen molar-refractivity contribution in [3.8, 4) is 5.75 Å². The van der Waals surface area contributed by atoms with Crippen molar-refractivity contribution in [1.82, 2.24) is 0 Å². The van der Waals surface area contributed by atoms with Crippen LogP contribution in [0.5, 0.6) is 5.75 Å². The Morgan fingerprint density at radius 3 is 2.80 bits per heavy atom.